The molecule has 0 saturated carbocycles. The number of benzene rings is 1. The van der Waals surface area contributed by atoms with E-state index in [9.17, 15) is 9.50 Å². The first-order valence-corrected chi connectivity index (χ1v) is 7.14. The van der Waals surface area contributed by atoms with Gasteiger partial charge in [0.1, 0.15) is 16.6 Å². The summed E-state index contributed by atoms with van der Waals surface area (Å²) in [6.45, 7) is 9.48. The van der Waals surface area contributed by atoms with Gasteiger partial charge in [-0.3, -0.25) is 4.90 Å². The van der Waals surface area contributed by atoms with Crippen molar-refractivity contribution in [3.05, 3.63) is 40.7 Å². The van der Waals surface area contributed by atoms with Gasteiger partial charge < -0.3 is 10.4 Å². The minimum absolute atomic E-state index is 0. The Balaban J connectivity index is 0.00000220. The Morgan fingerprint density at radius 3 is 2.55 bits per heavy atom. The number of piperazine rings is 1. The van der Waals surface area contributed by atoms with Gasteiger partial charge in [-0.15, -0.1) is 31.4 Å². The van der Waals surface area contributed by atoms with Crippen LogP contribution in [-0.4, -0.2) is 36.2 Å². The number of phenolic OH excluding ortho intramolecular Hbond substituents is 1. The van der Waals surface area contributed by atoms with E-state index in [0.717, 1.165) is 38.2 Å². The summed E-state index contributed by atoms with van der Waals surface area (Å²) in [6.07, 6.45) is 0.718. The van der Waals surface area contributed by atoms with Gasteiger partial charge in [0.15, 0.2) is 0 Å². The van der Waals surface area contributed by atoms with Crippen molar-refractivity contribution in [1.29, 1.82) is 0 Å². The molecule has 0 aliphatic carbocycles. The Bertz CT molecular complexity index is 508. The lowest BCUT2D eigenvalue weighted by Gasteiger charge is -2.35. The van der Waals surface area contributed by atoms with Crippen LogP contribution in [0.3, 0.4) is 0 Å². The Morgan fingerprint density at radius 2 is 2.00 bits per heavy atom. The van der Waals surface area contributed by atoms with Crippen LogP contribution >= 0.6 is 36.4 Å². The van der Waals surface area contributed by atoms with E-state index in [-0.39, 0.29) is 41.6 Å². The lowest BCUT2D eigenvalue weighted by molar-refractivity contribution is 0.170. The lowest BCUT2D eigenvalue weighted by Crippen LogP contribution is -2.45. The summed E-state index contributed by atoms with van der Waals surface area (Å²) >= 11 is 5.82. The molecule has 0 spiro atoms. The molecule has 1 heterocycles. The zero-order chi connectivity index (χ0) is 14.7. The highest BCUT2D eigenvalue weighted by atomic mass is 35.5. The first kappa shape index (κ1) is 21.5. The third kappa shape index (κ3) is 5.00. The summed E-state index contributed by atoms with van der Waals surface area (Å²) in [5, 5.41) is 13.2. The van der Waals surface area contributed by atoms with Gasteiger partial charge in [0.2, 0.25) is 0 Å². The Kier molecular flexibility index (Phi) is 9.35. The maximum Gasteiger partial charge on any atom is 0.145 e. The van der Waals surface area contributed by atoms with Gasteiger partial charge in [-0.25, -0.2) is 4.39 Å². The molecule has 1 fully saturated rings. The smallest absolute Gasteiger partial charge is 0.145 e. The number of rotatable bonds is 4. The molecule has 0 radical (unpaired) electrons. The number of aromatic hydroxyl groups is 1. The summed E-state index contributed by atoms with van der Waals surface area (Å²) in [6, 6.07) is 2.91. The molecule has 0 bridgehead atoms. The van der Waals surface area contributed by atoms with Crippen molar-refractivity contribution in [2.24, 2.45) is 0 Å². The second-order valence-electron chi connectivity index (χ2n) is 5.26. The molecule has 0 unspecified atom stereocenters. The van der Waals surface area contributed by atoms with Crippen LogP contribution in [0.15, 0.2) is 24.3 Å². The highest BCUT2D eigenvalue weighted by Gasteiger charge is 2.26. The van der Waals surface area contributed by atoms with Crippen molar-refractivity contribution in [1.82, 2.24) is 10.2 Å². The SMILES string of the molecule is C=C(C)C[C@H](c1ccc(F)c(Cl)c1O)N1CCNCC1.Cl.Cl. The number of nitrogens with zero attached hydrogens (tertiary/aromatic N) is 1. The van der Waals surface area contributed by atoms with Crippen molar-refractivity contribution in [2.45, 2.75) is 19.4 Å². The minimum Gasteiger partial charge on any atom is -0.506 e. The minimum atomic E-state index is -0.595. The van der Waals surface area contributed by atoms with E-state index >= 15 is 0 Å². The quantitative estimate of drug-likeness (QED) is 0.787. The third-order valence-electron chi connectivity index (χ3n) is 3.59. The second-order valence-corrected chi connectivity index (χ2v) is 5.64. The van der Waals surface area contributed by atoms with E-state index < -0.39 is 5.82 Å². The average molecular weight is 372 g/mol. The Labute approximate surface area is 148 Å². The maximum atomic E-state index is 13.4. The van der Waals surface area contributed by atoms with E-state index in [2.05, 4.69) is 16.8 Å². The topological polar surface area (TPSA) is 35.5 Å². The molecule has 3 nitrogen and oxygen atoms in total. The van der Waals surface area contributed by atoms with Crippen LogP contribution in [0.5, 0.6) is 5.75 Å². The Hall–Kier alpha value is -0.520. The first-order chi connectivity index (χ1) is 9.50. The predicted molar refractivity (Wildman–Crippen MR) is 94.2 cm³/mol. The highest BCUT2D eigenvalue weighted by molar-refractivity contribution is 6.32. The van der Waals surface area contributed by atoms with Crippen LogP contribution in [-0.2, 0) is 0 Å². The van der Waals surface area contributed by atoms with Crippen LogP contribution in [0.4, 0.5) is 4.39 Å². The van der Waals surface area contributed by atoms with Gasteiger partial charge in [0.05, 0.1) is 0 Å². The number of halogens is 4. The number of hydrogen-bond acceptors (Lipinski definition) is 3. The normalized spacial score (nSPS) is 16.3. The third-order valence-corrected chi connectivity index (χ3v) is 3.95. The molecule has 2 rings (SSSR count). The average Bonchev–Trinajstić information content (AvgIpc) is 2.44. The van der Waals surface area contributed by atoms with Crippen molar-refractivity contribution in [3.8, 4) is 5.75 Å². The Morgan fingerprint density at radius 1 is 1.41 bits per heavy atom. The largest absolute Gasteiger partial charge is 0.506 e. The molecule has 1 aliphatic rings. The molecular formula is C15H22Cl3FN2O. The summed E-state index contributed by atoms with van der Waals surface area (Å²) in [4.78, 5) is 2.27. The van der Waals surface area contributed by atoms with Crippen molar-refractivity contribution in [2.75, 3.05) is 26.2 Å². The summed E-state index contributed by atoms with van der Waals surface area (Å²) < 4.78 is 13.4. The zero-order valence-corrected chi connectivity index (χ0v) is 14.8. The predicted octanol–water partition coefficient (Wildman–Crippen LogP) is 3.94. The molecule has 1 aromatic carbocycles. The number of hydrogen-bond donors (Lipinski definition) is 2. The van der Waals surface area contributed by atoms with E-state index in [1.165, 1.54) is 6.07 Å². The van der Waals surface area contributed by atoms with Crippen LogP contribution in [0.1, 0.15) is 24.9 Å². The fourth-order valence-electron chi connectivity index (χ4n) is 2.58. The fourth-order valence-corrected chi connectivity index (χ4v) is 2.76. The van der Waals surface area contributed by atoms with E-state index in [1.807, 2.05) is 6.92 Å². The van der Waals surface area contributed by atoms with Crippen LogP contribution < -0.4 is 5.32 Å². The van der Waals surface area contributed by atoms with Gasteiger partial charge in [-0.1, -0.05) is 23.2 Å². The fraction of sp³-hybridized carbons (Fsp3) is 0.467. The first-order valence-electron chi connectivity index (χ1n) is 6.76. The summed E-state index contributed by atoms with van der Waals surface area (Å²) in [5.74, 6) is -0.751. The molecule has 22 heavy (non-hydrogen) atoms. The lowest BCUT2D eigenvalue weighted by atomic mass is 9.97. The van der Waals surface area contributed by atoms with Gasteiger partial charge in [0.25, 0.3) is 0 Å². The maximum absolute atomic E-state index is 13.4. The van der Waals surface area contributed by atoms with Crippen LogP contribution in [0, 0.1) is 5.82 Å². The molecule has 1 atom stereocenters. The molecule has 0 amide bonds. The molecule has 1 aliphatic heterocycles. The second kappa shape index (κ2) is 9.58. The number of phenols is 1. The summed E-state index contributed by atoms with van der Waals surface area (Å²) in [5.41, 5.74) is 1.69. The van der Waals surface area contributed by atoms with E-state index in [4.69, 9.17) is 11.6 Å². The molecule has 0 aromatic heterocycles. The van der Waals surface area contributed by atoms with Gasteiger partial charge in [-0.2, -0.15) is 0 Å². The number of nitrogens with one attached hydrogen (secondary N) is 1. The molecule has 7 heteroatoms. The van der Waals surface area contributed by atoms with Gasteiger partial charge >= 0.3 is 0 Å². The summed E-state index contributed by atoms with van der Waals surface area (Å²) in [7, 11) is 0. The van der Waals surface area contributed by atoms with Crippen LogP contribution in [0.25, 0.3) is 0 Å². The van der Waals surface area contributed by atoms with Crippen molar-refractivity contribution >= 4 is 36.4 Å². The molecular weight excluding hydrogens is 350 g/mol. The van der Waals surface area contributed by atoms with E-state index in [0.29, 0.717) is 5.56 Å². The standard InChI is InChI=1S/C15H20ClFN2O.2ClH/c1-10(2)9-13(19-7-5-18-6-8-19)11-3-4-12(17)14(16)15(11)20;;/h3-4,13,18,20H,1,5-9H2,2H3;2*1H/t13-;;/m1../s1. The zero-order valence-electron chi connectivity index (χ0n) is 12.4. The molecule has 1 aromatic rings. The molecule has 1 saturated heterocycles. The van der Waals surface area contributed by atoms with Crippen LogP contribution in [0.2, 0.25) is 5.02 Å². The monoisotopic (exact) mass is 370 g/mol. The molecule has 126 valence electrons. The highest BCUT2D eigenvalue weighted by Crippen LogP contribution is 2.38. The van der Waals surface area contributed by atoms with Gasteiger partial charge in [0, 0.05) is 37.8 Å². The molecule has 2 N–H and O–H groups in total. The van der Waals surface area contributed by atoms with Crippen molar-refractivity contribution in [3.63, 3.8) is 0 Å². The van der Waals surface area contributed by atoms with E-state index in [1.54, 1.807) is 6.07 Å². The van der Waals surface area contributed by atoms with Crippen molar-refractivity contribution < 1.29 is 9.50 Å². The van der Waals surface area contributed by atoms with Gasteiger partial charge in [-0.05, 0) is 19.4 Å².